The monoisotopic (exact) mass is 250 g/mol. The number of aromatic nitrogens is 2. The molecule has 0 atom stereocenters. The maximum absolute atomic E-state index is 11.3. The van der Waals surface area contributed by atoms with Crippen LogP contribution in [0.25, 0.3) is 0 Å². The van der Waals surface area contributed by atoms with Gasteiger partial charge in [0.25, 0.3) is 0 Å². The highest BCUT2D eigenvalue weighted by Crippen LogP contribution is 2.18. The molecule has 7 heteroatoms. The van der Waals surface area contributed by atoms with Crippen LogP contribution in [0.1, 0.15) is 5.56 Å². The fourth-order valence-corrected chi connectivity index (χ4v) is 1.22. The summed E-state index contributed by atoms with van der Waals surface area (Å²) in [6, 6.07) is 5.77. The van der Waals surface area contributed by atoms with E-state index in [1.165, 1.54) is 18.3 Å². The van der Waals surface area contributed by atoms with Crippen molar-refractivity contribution in [3.05, 3.63) is 42.2 Å². The summed E-state index contributed by atoms with van der Waals surface area (Å²) in [5, 5.41) is 18.5. The lowest BCUT2D eigenvalue weighted by Crippen LogP contribution is -2.20. The van der Waals surface area contributed by atoms with Crippen LogP contribution in [-0.4, -0.2) is 26.1 Å². The molecule has 0 unspecified atom stereocenters. The van der Waals surface area contributed by atoms with Crippen LogP contribution in [0.5, 0.6) is 11.8 Å². The Labute approximate surface area is 102 Å². The molecule has 2 heterocycles. The molecular weight excluding hydrogens is 240 g/mol. The Hall–Kier alpha value is -2.70. The number of pyridine rings is 1. The average Bonchev–Trinajstić information content (AvgIpc) is 2.69. The fraction of sp³-hybridized carbons (Fsp3) is 0.0909. The van der Waals surface area contributed by atoms with Crippen molar-refractivity contribution in [3.63, 3.8) is 0 Å². The fourth-order valence-electron chi connectivity index (χ4n) is 1.22. The van der Waals surface area contributed by atoms with Crippen LogP contribution >= 0.6 is 0 Å². The molecule has 18 heavy (non-hydrogen) atoms. The Morgan fingerprint density at radius 1 is 1.28 bits per heavy atom. The van der Waals surface area contributed by atoms with Crippen LogP contribution in [0.2, 0.25) is 0 Å². The summed E-state index contributed by atoms with van der Waals surface area (Å²) < 4.78 is 5.31. The first-order valence-electron chi connectivity index (χ1n) is 5.00. The van der Waals surface area contributed by atoms with Gasteiger partial charge >= 0.3 is 6.16 Å². The molecule has 0 fully saturated rings. The molecule has 7 nitrogen and oxygen atoms in total. The molecule has 2 aromatic heterocycles. The lowest BCUT2D eigenvalue weighted by Gasteiger charge is -2.07. The molecule has 0 bridgehead atoms. The van der Waals surface area contributed by atoms with Crippen LogP contribution in [0.3, 0.4) is 0 Å². The van der Waals surface area contributed by atoms with Gasteiger partial charge < -0.3 is 14.9 Å². The van der Waals surface area contributed by atoms with Gasteiger partial charge in [-0.15, -0.1) is 4.73 Å². The molecule has 0 saturated heterocycles. The van der Waals surface area contributed by atoms with Crippen LogP contribution in [0.4, 0.5) is 4.79 Å². The second-order valence-electron chi connectivity index (χ2n) is 3.34. The van der Waals surface area contributed by atoms with Crippen molar-refractivity contribution in [2.75, 3.05) is 0 Å². The van der Waals surface area contributed by atoms with Crippen LogP contribution in [-0.2, 0) is 11.3 Å². The zero-order valence-corrected chi connectivity index (χ0v) is 9.18. The van der Waals surface area contributed by atoms with Gasteiger partial charge in [0.1, 0.15) is 6.61 Å². The molecule has 2 rings (SSSR count). The van der Waals surface area contributed by atoms with E-state index in [0.29, 0.717) is 10.3 Å². The first-order valence-corrected chi connectivity index (χ1v) is 5.00. The molecule has 0 aromatic carbocycles. The summed E-state index contributed by atoms with van der Waals surface area (Å²) in [4.78, 5) is 19.7. The lowest BCUT2D eigenvalue weighted by molar-refractivity contribution is 0.0310. The molecule has 0 aliphatic heterocycles. The molecule has 0 aliphatic rings. The summed E-state index contributed by atoms with van der Waals surface area (Å²) in [5.74, 6) is -0.823. The summed E-state index contributed by atoms with van der Waals surface area (Å²) >= 11 is 0. The quantitative estimate of drug-likeness (QED) is 0.791. The summed E-state index contributed by atoms with van der Waals surface area (Å²) in [5.41, 5.74) is 0.690. The van der Waals surface area contributed by atoms with Crippen molar-refractivity contribution in [2.45, 2.75) is 6.61 Å². The van der Waals surface area contributed by atoms with E-state index in [4.69, 9.17) is 4.74 Å². The molecule has 2 aromatic rings. The third kappa shape index (κ3) is 2.70. The highest BCUT2D eigenvalue weighted by molar-refractivity contribution is 5.60. The van der Waals surface area contributed by atoms with E-state index >= 15 is 0 Å². The zero-order valence-electron chi connectivity index (χ0n) is 9.18. The largest absolute Gasteiger partial charge is 0.534 e. The second-order valence-corrected chi connectivity index (χ2v) is 3.34. The first kappa shape index (κ1) is 11.8. The Kier molecular flexibility index (Phi) is 3.33. The minimum atomic E-state index is -1.05. The molecule has 0 spiro atoms. The van der Waals surface area contributed by atoms with Crippen molar-refractivity contribution < 1.29 is 24.6 Å². The van der Waals surface area contributed by atoms with E-state index in [0.717, 1.165) is 0 Å². The first-order chi connectivity index (χ1) is 8.66. The van der Waals surface area contributed by atoms with Crippen molar-refractivity contribution in [3.8, 4) is 11.8 Å². The average molecular weight is 250 g/mol. The third-order valence-electron chi connectivity index (χ3n) is 2.04. The highest BCUT2D eigenvalue weighted by atomic mass is 16.8. The summed E-state index contributed by atoms with van der Waals surface area (Å²) in [7, 11) is 0. The van der Waals surface area contributed by atoms with Crippen molar-refractivity contribution >= 4 is 6.16 Å². The van der Waals surface area contributed by atoms with Gasteiger partial charge in [-0.2, -0.15) is 0 Å². The lowest BCUT2D eigenvalue weighted by atomic mass is 10.3. The Balaban J connectivity index is 1.90. The molecule has 0 saturated carbocycles. The van der Waals surface area contributed by atoms with Crippen molar-refractivity contribution in [1.82, 2.24) is 9.71 Å². The molecule has 0 radical (unpaired) electrons. The van der Waals surface area contributed by atoms with Gasteiger partial charge in [-0.3, -0.25) is 9.82 Å². The summed E-state index contributed by atoms with van der Waals surface area (Å²) in [6.45, 7) is -0.0184. The van der Waals surface area contributed by atoms with E-state index in [-0.39, 0.29) is 6.61 Å². The topological polar surface area (TPSA) is 93.8 Å². The molecule has 94 valence electrons. The number of aromatic hydroxyl groups is 2. The standard InChI is InChI=1S/C11H10N2O5/c14-9-3-4-10(15)13(9)18-11(16)17-7-8-2-1-5-12-6-8/h1-6,14-15H,7H2. The number of nitrogens with zero attached hydrogens (tertiary/aromatic N) is 2. The van der Waals surface area contributed by atoms with Gasteiger partial charge in [0.2, 0.25) is 11.8 Å². The molecule has 2 N–H and O–H groups in total. The van der Waals surface area contributed by atoms with E-state index in [2.05, 4.69) is 9.82 Å². The Morgan fingerprint density at radius 2 is 2.00 bits per heavy atom. The SMILES string of the molecule is O=C(OCc1cccnc1)On1c(O)ccc1O. The predicted octanol–water partition coefficient (Wildman–Crippen LogP) is 1.06. The minimum Gasteiger partial charge on any atom is -0.492 e. The maximum atomic E-state index is 11.3. The predicted molar refractivity (Wildman–Crippen MR) is 58.8 cm³/mol. The molecule has 0 aliphatic carbocycles. The minimum absolute atomic E-state index is 0.0184. The molecular formula is C11H10N2O5. The number of carbonyl (C=O) groups excluding carboxylic acids is 1. The maximum Gasteiger partial charge on any atom is 0.534 e. The van der Waals surface area contributed by atoms with Gasteiger partial charge in [0.05, 0.1) is 0 Å². The zero-order chi connectivity index (χ0) is 13.0. The van der Waals surface area contributed by atoms with Gasteiger partial charge in [-0.05, 0) is 6.07 Å². The van der Waals surface area contributed by atoms with Gasteiger partial charge in [0.15, 0.2) is 0 Å². The summed E-state index contributed by atoms with van der Waals surface area (Å²) in [6.07, 6.45) is 2.08. The van der Waals surface area contributed by atoms with Gasteiger partial charge in [0, 0.05) is 30.1 Å². The Morgan fingerprint density at radius 3 is 2.61 bits per heavy atom. The van der Waals surface area contributed by atoms with Crippen LogP contribution in [0.15, 0.2) is 36.7 Å². The normalized spacial score (nSPS) is 10.0. The van der Waals surface area contributed by atoms with Crippen molar-refractivity contribution in [1.29, 1.82) is 0 Å². The number of carbonyl (C=O) groups is 1. The van der Waals surface area contributed by atoms with E-state index in [1.807, 2.05) is 0 Å². The number of ether oxygens (including phenoxy) is 1. The number of rotatable bonds is 3. The number of hydrogen-bond acceptors (Lipinski definition) is 6. The highest BCUT2D eigenvalue weighted by Gasteiger charge is 2.13. The third-order valence-corrected chi connectivity index (χ3v) is 2.04. The van der Waals surface area contributed by atoms with E-state index < -0.39 is 17.9 Å². The van der Waals surface area contributed by atoms with E-state index in [9.17, 15) is 15.0 Å². The van der Waals surface area contributed by atoms with Crippen LogP contribution < -0.4 is 4.84 Å². The van der Waals surface area contributed by atoms with Gasteiger partial charge in [-0.25, -0.2) is 4.79 Å². The number of hydrogen-bond donors (Lipinski definition) is 2. The van der Waals surface area contributed by atoms with Crippen LogP contribution in [0, 0.1) is 0 Å². The smallest absolute Gasteiger partial charge is 0.492 e. The van der Waals surface area contributed by atoms with E-state index in [1.54, 1.807) is 18.3 Å². The molecule has 0 amide bonds. The Bertz CT molecular complexity index is 518. The van der Waals surface area contributed by atoms with Crippen molar-refractivity contribution in [2.24, 2.45) is 0 Å². The van der Waals surface area contributed by atoms with Gasteiger partial charge in [-0.1, -0.05) is 6.07 Å². The second kappa shape index (κ2) is 5.09.